The third kappa shape index (κ3) is 4.04. The van der Waals surface area contributed by atoms with E-state index >= 15 is 0 Å². The van der Waals surface area contributed by atoms with Crippen molar-refractivity contribution in [1.82, 2.24) is 5.32 Å². The number of benzene rings is 2. The summed E-state index contributed by atoms with van der Waals surface area (Å²) in [5.41, 5.74) is 7.25. The molecular weight excluding hydrogens is 290 g/mol. The Morgan fingerprint density at radius 3 is 2.38 bits per heavy atom. The number of carbonyl (C=O) groups excluding carboxylic acids is 1. The largest absolute Gasteiger partial charge is 0.399 e. The molecule has 2 aromatic rings. The van der Waals surface area contributed by atoms with Crippen LogP contribution < -0.4 is 16.2 Å². The minimum atomic E-state index is -3.75. The van der Waals surface area contributed by atoms with Crippen LogP contribution in [-0.2, 0) is 16.6 Å². The van der Waals surface area contributed by atoms with Gasteiger partial charge >= 0.3 is 0 Å². The van der Waals surface area contributed by atoms with Crippen LogP contribution in [0.4, 0.5) is 5.69 Å². The molecule has 0 fully saturated rings. The summed E-state index contributed by atoms with van der Waals surface area (Å²) >= 11 is 0. The van der Waals surface area contributed by atoms with Crippen molar-refractivity contribution in [3.63, 3.8) is 0 Å². The second-order valence-corrected chi connectivity index (χ2v) is 6.06. The molecule has 0 radical (unpaired) electrons. The molecule has 0 heterocycles. The van der Waals surface area contributed by atoms with E-state index in [0.29, 0.717) is 16.8 Å². The number of hydrogen-bond acceptors (Lipinski definition) is 4. The fourth-order valence-corrected chi connectivity index (χ4v) is 2.34. The molecule has 7 heteroatoms. The zero-order valence-corrected chi connectivity index (χ0v) is 11.9. The predicted octanol–water partition coefficient (Wildman–Crippen LogP) is 0.846. The molecule has 2 rings (SSSR count). The lowest BCUT2D eigenvalue weighted by atomic mass is 10.2. The molecule has 0 aliphatic carbocycles. The summed E-state index contributed by atoms with van der Waals surface area (Å²) in [7, 11) is -3.75. The number of carbonyl (C=O) groups is 1. The van der Waals surface area contributed by atoms with Crippen molar-refractivity contribution in [2.45, 2.75) is 11.4 Å². The van der Waals surface area contributed by atoms with E-state index in [1.54, 1.807) is 36.4 Å². The number of amides is 1. The molecule has 6 nitrogen and oxygen atoms in total. The first-order valence-electron chi connectivity index (χ1n) is 6.12. The van der Waals surface area contributed by atoms with Crippen molar-refractivity contribution in [1.29, 1.82) is 0 Å². The molecule has 5 N–H and O–H groups in total. The Morgan fingerprint density at radius 2 is 1.76 bits per heavy atom. The van der Waals surface area contributed by atoms with Gasteiger partial charge in [0.1, 0.15) is 0 Å². The van der Waals surface area contributed by atoms with E-state index < -0.39 is 10.0 Å². The molecule has 0 saturated carbocycles. The van der Waals surface area contributed by atoms with Crippen LogP contribution in [-0.4, -0.2) is 14.3 Å². The fraction of sp³-hybridized carbons (Fsp3) is 0.0714. The van der Waals surface area contributed by atoms with E-state index in [1.807, 2.05) is 0 Å². The maximum Gasteiger partial charge on any atom is 0.251 e. The lowest BCUT2D eigenvalue weighted by Crippen LogP contribution is -2.23. The van der Waals surface area contributed by atoms with Crippen molar-refractivity contribution in [2.24, 2.45) is 5.14 Å². The molecule has 1 amide bonds. The van der Waals surface area contributed by atoms with Crippen molar-refractivity contribution >= 4 is 21.6 Å². The number of rotatable bonds is 4. The third-order valence-electron chi connectivity index (χ3n) is 2.85. The molecule has 2 aromatic carbocycles. The van der Waals surface area contributed by atoms with Gasteiger partial charge in [-0.3, -0.25) is 4.79 Å². The monoisotopic (exact) mass is 305 g/mol. The number of nitrogens with two attached hydrogens (primary N) is 2. The van der Waals surface area contributed by atoms with Gasteiger partial charge in [-0.25, -0.2) is 13.6 Å². The average Bonchev–Trinajstić information content (AvgIpc) is 2.45. The molecule has 110 valence electrons. The fourth-order valence-electron chi connectivity index (χ4n) is 1.75. The average molecular weight is 305 g/mol. The van der Waals surface area contributed by atoms with E-state index in [0.717, 1.165) is 0 Å². The smallest absolute Gasteiger partial charge is 0.251 e. The van der Waals surface area contributed by atoms with Gasteiger partial charge < -0.3 is 11.1 Å². The van der Waals surface area contributed by atoms with Crippen molar-refractivity contribution < 1.29 is 13.2 Å². The highest BCUT2D eigenvalue weighted by Gasteiger charge is 2.09. The van der Waals surface area contributed by atoms with E-state index in [4.69, 9.17) is 10.9 Å². The highest BCUT2D eigenvalue weighted by molar-refractivity contribution is 7.89. The van der Waals surface area contributed by atoms with Gasteiger partial charge in [-0.15, -0.1) is 0 Å². The molecule has 0 bridgehead atoms. The molecule has 0 unspecified atom stereocenters. The highest BCUT2D eigenvalue weighted by Crippen LogP contribution is 2.10. The van der Waals surface area contributed by atoms with E-state index in [-0.39, 0.29) is 17.3 Å². The summed E-state index contributed by atoms with van der Waals surface area (Å²) in [6, 6.07) is 12.6. The topological polar surface area (TPSA) is 115 Å². The number of anilines is 1. The molecule has 0 aromatic heterocycles. The first-order valence-corrected chi connectivity index (χ1v) is 7.66. The van der Waals surface area contributed by atoms with E-state index in [2.05, 4.69) is 5.32 Å². The van der Waals surface area contributed by atoms with Gasteiger partial charge in [0.25, 0.3) is 5.91 Å². The summed E-state index contributed by atoms with van der Waals surface area (Å²) < 4.78 is 22.5. The summed E-state index contributed by atoms with van der Waals surface area (Å²) in [4.78, 5) is 11.9. The van der Waals surface area contributed by atoms with Crippen LogP contribution in [0.3, 0.4) is 0 Å². The van der Waals surface area contributed by atoms with Gasteiger partial charge in [-0.05, 0) is 42.0 Å². The molecular formula is C14H15N3O3S. The summed E-state index contributed by atoms with van der Waals surface area (Å²) in [6.07, 6.45) is 0. The second-order valence-electron chi connectivity index (χ2n) is 4.50. The van der Waals surface area contributed by atoms with Gasteiger partial charge in [0.2, 0.25) is 10.0 Å². The van der Waals surface area contributed by atoms with Crippen LogP contribution in [0.25, 0.3) is 0 Å². The zero-order valence-electron chi connectivity index (χ0n) is 11.1. The molecule has 0 saturated heterocycles. The number of hydrogen-bond donors (Lipinski definition) is 3. The van der Waals surface area contributed by atoms with Gasteiger partial charge in [0.05, 0.1) is 4.90 Å². The van der Waals surface area contributed by atoms with E-state index in [1.165, 1.54) is 12.1 Å². The van der Waals surface area contributed by atoms with Gasteiger partial charge in [-0.1, -0.05) is 12.1 Å². The minimum absolute atomic E-state index is 0.0155. The number of sulfonamides is 1. The Hall–Kier alpha value is -2.38. The second kappa shape index (κ2) is 5.94. The number of primary sulfonamides is 1. The van der Waals surface area contributed by atoms with Crippen molar-refractivity contribution in [3.05, 3.63) is 59.7 Å². The van der Waals surface area contributed by atoms with Crippen molar-refractivity contribution in [2.75, 3.05) is 5.73 Å². The summed E-state index contributed by atoms with van der Waals surface area (Å²) in [5.74, 6) is -0.268. The Balaban J connectivity index is 2.06. The van der Waals surface area contributed by atoms with Crippen LogP contribution in [0, 0.1) is 0 Å². The molecule has 21 heavy (non-hydrogen) atoms. The predicted molar refractivity (Wildman–Crippen MR) is 79.8 cm³/mol. The van der Waals surface area contributed by atoms with Gasteiger partial charge in [-0.2, -0.15) is 0 Å². The maximum atomic E-state index is 11.9. The van der Waals surface area contributed by atoms with Crippen LogP contribution >= 0.6 is 0 Å². The summed E-state index contributed by atoms with van der Waals surface area (Å²) in [6.45, 7) is 0.201. The van der Waals surface area contributed by atoms with Crippen molar-refractivity contribution in [3.8, 4) is 0 Å². The number of nitrogens with one attached hydrogen (secondary N) is 1. The lowest BCUT2D eigenvalue weighted by Gasteiger charge is -2.07. The molecule has 0 spiro atoms. The van der Waals surface area contributed by atoms with Crippen LogP contribution in [0.5, 0.6) is 0 Å². The Morgan fingerprint density at radius 1 is 1.10 bits per heavy atom. The quantitative estimate of drug-likeness (QED) is 0.726. The lowest BCUT2D eigenvalue weighted by molar-refractivity contribution is 0.0951. The number of nitrogen functional groups attached to an aromatic ring is 1. The van der Waals surface area contributed by atoms with Crippen LogP contribution in [0.2, 0.25) is 0 Å². The Bertz CT molecular complexity index is 755. The molecule has 0 atom stereocenters. The summed E-state index contributed by atoms with van der Waals surface area (Å²) in [5, 5.41) is 7.76. The SMILES string of the molecule is Nc1ccc(C(=O)NCc2cccc(S(N)(=O)=O)c2)cc1. The maximum absolute atomic E-state index is 11.9. The van der Waals surface area contributed by atoms with Crippen LogP contribution in [0.15, 0.2) is 53.4 Å². The zero-order chi connectivity index (χ0) is 15.5. The van der Waals surface area contributed by atoms with E-state index in [9.17, 15) is 13.2 Å². The third-order valence-corrected chi connectivity index (χ3v) is 3.76. The normalized spacial score (nSPS) is 11.1. The highest BCUT2D eigenvalue weighted by atomic mass is 32.2. The van der Waals surface area contributed by atoms with Gasteiger partial charge in [0.15, 0.2) is 0 Å². The van der Waals surface area contributed by atoms with Gasteiger partial charge in [0, 0.05) is 17.8 Å². The molecule has 0 aliphatic heterocycles. The van der Waals surface area contributed by atoms with Crippen LogP contribution in [0.1, 0.15) is 15.9 Å². The minimum Gasteiger partial charge on any atom is -0.399 e. The Labute approximate surface area is 122 Å². The standard InChI is InChI=1S/C14H15N3O3S/c15-12-6-4-11(5-7-12)14(18)17-9-10-2-1-3-13(8-10)21(16,19)20/h1-8H,9,15H2,(H,17,18)(H2,16,19,20). The molecule has 0 aliphatic rings. The first-order chi connectivity index (χ1) is 9.86. The first kappa shape index (κ1) is 15.0. The Kier molecular flexibility index (Phi) is 4.25.